The van der Waals surface area contributed by atoms with E-state index < -0.39 is 12.1 Å². The fourth-order valence-corrected chi connectivity index (χ4v) is 6.45. The summed E-state index contributed by atoms with van der Waals surface area (Å²) >= 11 is 0. The minimum absolute atomic E-state index is 0.0594. The number of rotatable bonds is 8. The summed E-state index contributed by atoms with van der Waals surface area (Å²) in [4.78, 5) is 44.1. The summed E-state index contributed by atoms with van der Waals surface area (Å²) in [5.74, 6) is 0.842. The maximum atomic E-state index is 14.4. The molecule has 48 heavy (non-hydrogen) atoms. The zero-order chi connectivity index (χ0) is 34.6. The quantitative estimate of drug-likeness (QED) is 0.307. The third-order valence-electron chi connectivity index (χ3n) is 9.44. The van der Waals surface area contributed by atoms with Crippen LogP contribution < -0.4 is 20.1 Å². The van der Waals surface area contributed by atoms with Crippen molar-refractivity contribution < 1.29 is 33.7 Å². The van der Waals surface area contributed by atoms with Gasteiger partial charge in [0.2, 0.25) is 5.91 Å². The van der Waals surface area contributed by atoms with Crippen molar-refractivity contribution in [1.82, 2.24) is 9.80 Å². The number of carbonyl (C=O) groups is 3. The molecule has 4 amide bonds. The lowest BCUT2D eigenvalue weighted by molar-refractivity contribution is -0.137. The van der Waals surface area contributed by atoms with E-state index in [2.05, 4.69) is 10.6 Å². The SMILES string of the molecule is COc1ccc(NC(=O)Nc2ccc3c(c2)C(=O)N([C@@H](C)CO)C[C@@H](C)[C@@H](CN(C)C(=O)C2CCCCC2)OCCCC[C@H](C)O3)cc1. The minimum atomic E-state index is -0.504. The highest BCUT2D eigenvalue weighted by molar-refractivity contribution is 6.02. The van der Waals surface area contributed by atoms with Crippen LogP contribution in [0.5, 0.6) is 11.5 Å². The summed E-state index contributed by atoms with van der Waals surface area (Å²) in [6.07, 6.45) is 7.23. The Bertz CT molecular complexity index is 1350. The molecule has 2 aromatic rings. The Morgan fingerprint density at radius 3 is 2.35 bits per heavy atom. The highest BCUT2D eigenvalue weighted by atomic mass is 16.5. The van der Waals surface area contributed by atoms with Crippen LogP contribution in [0.1, 0.15) is 82.5 Å². The molecule has 4 atom stereocenters. The van der Waals surface area contributed by atoms with Crippen LogP contribution in [0.2, 0.25) is 0 Å². The number of aliphatic hydroxyl groups is 1. The third-order valence-corrected chi connectivity index (χ3v) is 9.44. The number of carbonyl (C=O) groups excluding carboxylic acids is 3. The van der Waals surface area contributed by atoms with Gasteiger partial charge in [-0.3, -0.25) is 9.59 Å². The summed E-state index contributed by atoms with van der Waals surface area (Å²) in [6, 6.07) is 11.0. The number of anilines is 2. The average molecular weight is 667 g/mol. The van der Waals surface area contributed by atoms with Crippen LogP contribution in [-0.2, 0) is 9.53 Å². The van der Waals surface area contributed by atoms with Gasteiger partial charge in [0.1, 0.15) is 11.5 Å². The molecule has 2 aliphatic rings. The van der Waals surface area contributed by atoms with Crippen molar-refractivity contribution >= 4 is 29.2 Å². The number of aliphatic hydroxyl groups excluding tert-OH is 1. The summed E-state index contributed by atoms with van der Waals surface area (Å²) < 4.78 is 17.9. The Labute approximate surface area is 285 Å². The lowest BCUT2D eigenvalue weighted by Crippen LogP contribution is -2.48. The maximum absolute atomic E-state index is 14.4. The second kappa shape index (κ2) is 18.1. The molecule has 264 valence electrons. The van der Waals surface area contributed by atoms with Gasteiger partial charge in [-0.15, -0.1) is 0 Å². The number of urea groups is 1. The van der Waals surface area contributed by atoms with Gasteiger partial charge in [0.25, 0.3) is 5.91 Å². The molecule has 1 saturated carbocycles. The van der Waals surface area contributed by atoms with Gasteiger partial charge in [-0.2, -0.15) is 0 Å². The summed E-state index contributed by atoms with van der Waals surface area (Å²) in [6.45, 7) is 6.83. The number of nitrogens with zero attached hydrogens (tertiary/aromatic N) is 2. The molecule has 1 aliphatic heterocycles. The number of likely N-dealkylation sites (N-methyl/N-ethyl adjacent to an activating group) is 1. The minimum Gasteiger partial charge on any atom is -0.497 e. The summed E-state index contributed by atoms with van der Waals surface area (Å²) in [5.41, 5.74) is 1.29. The molecule has 0 bridgehead atoms. The number of methoxy groups -OCH3 is 1. The monoisotopic (exact) mass is 666 g/mol. The van der Waals surface area contributed by atoms with Gasteiger partial charge in [0.05, 0.1) is 37.5 Å². The van der Waals surface area contributed by atoms with E-state index in [1.54, 1.807) is 61.4 Å². The number of fused-ring (bicyclic) bond motifs is 1. The van der Waals surface area contributed by atoms with Crippen LogP contribution in [0.25, 0.3) is 0 Å². The first-order chi connectivity index (χ1) is 23.1. The van der Waals surface area contributed by atoms with Crippen molar-refractivity contribution in [3.05, 3.63) is 48.0 Å². The molecule has 1 fully saturated rings. The second-order valence-corrected chi connectivity index (χ2v) is 13.4. The number of amides is 4. The van der Waals surface area contributed by atoms with Crippen LogP contribution >= 0.6 is 0 Å². The number of ether oxygens (including phenoxy) is 3. The third kappa shape index (κ3) is 10.3. The lowest BCUT2D eigenvalue weighted by atomic mass is 9.88. The Morgan fingerprint density at radius 1 is 1.00 bits per heavy atom. The zero-order valence-electron chi connectivity index (χ0n) is 29.2. The number of nitrogens with one attached hydrogen (secondary N) is 2. The molecule has 2 aromatic carbocycles. The van der Waals surface area contributed by atoms with Crippen molar-refractivity contribution in [2.75, 3.05) is 51.1 Å². The molecular weight excluding hydrogens is 612 g/mol. The molecule has 1 aliphatic carbocycles. The standard InChI is InChI=1S/C37H54N4O7/c1-25-22-41(26(2)24-42)36(44)32-21-30(39-37(45)38-29-14-17-31(46-5)18-15-29)16-19-33(32)48-27(3)11-9-10-20-47-34(25)23-40(4)35(43)28-12-7-6-8-13-28/h14-19,21,25-28,34,42H,6-13,20,22-24H2,1-5H3,(H2,38,39,45)/t25-,26+,27+,34-/m1/s1. The topological polar surface area (TPSA) is 130 Å². The molecule has 4 rings (SSSR count). The highest BCUT2D eigenvalue weighted by Gasteiger charge is 2.32. The van der Waals surface area contributed by atoms with Gasteiger partial charge in [0, 0.05) is 50.0 Å². The first-order valence-electron chi connectivity index (χ1n) is 17.4. The van der Waals surface area contributed by atoms with E-state index in [0.29, 0.717) is 42.6 Å². The van der Waals surface area contributed by atoms with Gasteiger partial charge >= 0.3 is 6.03 Å². The van der Waals surface area contributed by atoms with Crippen LogP contribution in [0, 0.1) is 11.8 Å². The first kappa shape index (κ1) is 37.0. The predicted molar refractivity (Wildman–Crippen MR) is 187 cm³/mol. The van der Waals surface area contributed by atoms with Crippen LogP contribution in [0.15, 0.2) is 42.5 Å². The Hall–Kier alpha value is -3.83. The fraction of sp³-hybridized carbons (Fsp3) is 0.595. The Kier molecular flexibility index (Phi) is 13.9. The zero-order valence-corrected chi connectivity index (χ0v) is 29.2. The van der Waals surface area contributed by atoms with E-state index in [0.717, 1.165) is 44.9 Å². The number of hydrogen-bond acceptors (Lipinski definition) is 7. The van der Waals surface area contributed by atoms with Gasteiger partial charge < -0.3 is 39.8 Å². The molecule has 11 nitrogen and oxygen atoms in total. The molecule has 0 unspecified atom stereocenters. The van der Waals surface area contributed by atoms with E-state index >= 15 is 0 Å². The van der Waals surface area contributed by atoms with Crippen LogP contribution in [-0.4, -0.2) is 91.5 Å². The number of hydrogen-bond donors (Lipinski definition) is 3. The Balaban J connectivity index is 1.57. The molecule has 0 aromatic heterocycles. The molecule has 0 saturated heterocycles. The van der Waals surface area contributed by atoms with Crippen molar-refractivity contribution in [3.8, 4) is 11.5 Å². The number of benzene rings is 2. The predicted octanol–water partition coefficient (Wildman–Crippen LogP) is 6.17. The summed E-state index contributed by atoms with van der Waals surface area (Å²) in [7, 11) is 3.43. The highest BCUT2D eigenvalue weighted by Crippen LogP contribution is 2.29. The molecule has 11 heteroatoms. The van der Waals surface area contributed by atoms with Gasteiger partial charge in [-0.25, -0.2) is 4.79 Å². The van der Waals surface area contributed by atoms with E-state index in [1.807, 2.05) is 25.8 Å². The molecule has 0 radical (unpaired) electrons. The van der Waals surface area contributed by atoms with Crippen molar-refractivity contribution in [1.29, 1.82) is 0 Å². The van der Waals surface area contributed by atoms with E-state index in [-0.39, 0.29) is 48.0 Å². The van der Waals surface area contributed by atoms with Gasteiger partial charge in [0.15, 0.2) is 0 Å². The second-order valence-electron chi connectivity index (χ2n) is 13.4. The van der Waals surface area contributed by atoms with E-state index in [1.165, 1.54) is 6.42 Å². The molecule has 1 heterocycles. The van der Waals surface area contributed by atoms with E-state index in [9.17, 15) is 19.5 Å². The molecule has 3 N–H and O–H groups in total. The first-order valence-corrected chi connectivity index (χ1v) is 17.4. The molecular formula is C37H54N4O7. The molecule has 0 spiro atoms. The van der Waals surface area contributed by atoms with Crippen LogP contribution in [0.3, 0.4) is 0 Å². The van der Waals surface area contributed by atoms with Gasteiger partial charge in [-0.05, 0) is 88.4 Å². The van der Waals surface area contributed by atoms with E-state index in [4.69, 9.17) is 14.2 Å². The largest absolute Gasteiger partial charge is 0.497 e. The lowest BCUT2D eigenvalue weighted by Gasteiger charge is -2.36. The summed E-state index contributed by atoms with van der Waals surface area (Å²) in [5, 5.41) is 15.9. The van der Waals surface area contributed by atoms with Crippen molar-refractivity contribution in [2.45, 2.75) is 90.4 Å². The normalized spacial score (nSPS) is 22.0. The Morgan fingerprint density at radius 2 is 1.67 bits per heavy atom. The maximum Gasteiger partial charge on any atom is 0.323 e. The van der Waals surface area contributed by atoms with Crippen LogP contribution in [0.4, 0.5) is 16.2 Å². The van der Waals surface area contributed by atoms with Gasteiger partial charge in [-0.1, -0.05) is 26.2 Å². The van der Waals surface area contributed by atoms with Crippen molar-refractivity contribution in [2.24, 2.45) is 11.8 Å². The fourth-order valence-electron chi connectivity index (χ4n) is 6.45. The average Bonchev–Trinajstić information content (AvgIpc) is 3.09. The van der Waals surface area contributed by atoms with Crippen molar-refractivity contribution in [3.63, 3.8) is 0 Å². The smallest absolute Gasteiger partial charge is 0.323 e.